The molecule has 0 unspecified atom stereocenters. The topological polar surface area (TPSA) is 76.9 Å². The number of benzene rings is 1. The Morgan fingerprint density at radius 3 is 2.79 bits per heavy atom. The molecule has 7 nitrogen and oxygen atoms in total. The summed E-state index contributed by atoms with van der Waals surface area (Å²) in [6.07, 6.45) is 1.86. The molecule has 0 fully saturated rings. The summed E-state index contributed by atoms with van der Waals surface area (Å²) >= 11 is 0. The molecule has 124 valence electrons. The van der Waals surface area contributed by atoms with Crippen LogP contribution in [0.5, 0.6) is 11.5 Å². The Bertz CT molecular complexity index is 827. The van der Waals surface area contributed by atoms with Crippen molar-refractivity contribution in [3.05, 3.63) is 54.4 Å². The lowest BCUT2D eigenvalue weighted by atomic mass is 10.2. The van der Waals surface area contributed by atoms with E-state index in [-0.39, 0.29) is 6.03 Å². The van der Waals surface area contributed by atoms with Gasteiger partial charge >= 0.3 is 6.03 Å². The maximum absolute atomic E-state index is 12.1. The average molecular weight is 326 g/mol. The van der Waals surface area contributed by atoms with Crippen LogP contribution in [-0.4, -0.2) is 29.9 Å². The van der Waals surface area contributed by atoms with Crippen LogP contribution in [0.3, 0.4) is 0 Å². The van der Waals surface area contributed by atoms with Crippen LogP contribution in [-0.2, 0) is 6.54 Å². The third-order valence-corrected chi connectivity index (χ3v) is 3.51. The van der Waals surface area contributed by atoms with Crippen LogP contribution in [0.2, 0.25) is 0 Å². The Balaban J connectivity index is 1.63. The Morgan fingerprint density at radius 1 is 1.17 bits per heavy atom. The van der Waals surface area contributed by atoms with Gasteiger partial charge in [-0.1, -0.05) is 6.07 Å². The fraction of sp³-hybridized carbons (Fsp3) is 0.176. The number of methoxy groups -OCH3 is 2. The molecule has 0 aliphatic heterocycles. The number of hydrogen-bond acceptors (Lipinski definition) is 4. The van der Waals surface area contributed by atoms with Gasteiger partial charge in [0, 0.05) is 12.3 Å². The standard InChI is InChI=1S/C17H18N4O3/c1-23-14-6-7-15(16(10-14)24-2)19-17(22)18-11-12-9-13-5-3-4-8-21(13)20-12/h3-10H,11H2,1-2H3,(H2,18,19,22). The predicted octanol–water partition coefficient (Wildman–Crippen LogP) is 2.67. The van der Waals surface area contributed by atoms with Gasteiger partial charge in [0.2, 0.25) is 0 Å². The van der Waals surface area contributed by atoms with Crippen LogP contribution in [0, 0.1) is 0 Å². The fourth-order valence-corrected chi connectivity index (χ4v) is 2.32. The molecule has 0 aliphatic rings. The molecule has 0 spiro atoms. The molecule has 0 saturated carbocycles. The number of nitrogens with one attached hydrogen (secondary N) is 2. The molecule has 2 heterocycles. The lowest BCUT2D eigenvalue weighted by Crippen LogP contribution is -2.28. The van der Waals surface area contributed by atoms with Crippen molar-refractivity contribution in [3.8, 4) is 11.5 Å². The number of rotatable bonds is 5. The number of pyridine rings is 1. The lowest BCUT2D eigenvalue weighted by Gasteiger charge is -2.12. The maximum Gasteiger partial charge on any atom is 0.319 e. The van der Waals surface area contributed by atoms with Gasteiger partial charge in [0.25, 0.3) is 0 Å². The molecule has 24 heavy (non-hydrogen) atoms. The summed E-state index contributed by atoms with van der Waals surface area (Å²) in [4.78, 5) is 12.1. The van der Waals surface area contributed by atoms with Gasteiger partial charge < -0.3 is 20.1 Å². The molecule has 0 saturated heterocycles. The number of carbonyl (C=O) groups is 1. The summed E-state index contributed by atoms with van der Waals surface area (Å²) in [6, 6.07) is 12.6. The van der Waals surface area contributed by atoms with Crippen LogP contribution >= 0.6 is 0 Å². The number of nitrogens with zero attached hydrogens (tertiary/aromatic N) is 2. The number of fused-ring (bicyclic) bond motifs is 1. The van der Waals surface area contributed by atoms with Crippen molar-refractivity contribution in [1.29, 1.82) is 0 Å². The second-order valence-electron chi connectivity index (χ2n) is 5.08. The molecular formula is C17H18N4O3. The van der Waals surface area contributed by atoms with Crippen molar-refractivity contribution in [1.82, 2.24) is 14.9 Å². The fourth-order valence-electron chi connectivity index (χ4n) is 2.32. The van der Waals surface area contributed by atoms with Gasteiger partial charge in [-0.25, -0.2) is 9.31 Å². The van der Waals surface area contributed by atoms with E-state index in [0.29, 0.717) is 23.7 Å². The van der Waals surface area contributed by atoms with E-state index < -0.39 is 0 Å². The summed E-state index contributed by atoms with van der Waals surface area (Å²) in [5, 5.41) is 9.91. The molecule has 0 bridgehead atoms. The van der Waals surface area contributed by atoms with E-state index in [1.807, 2.05) is 30.5 Å². The molecule has 7 heteroatoms. The van der Waals surface area contributed by atoms with E-state index in [1.54, 1.807) is 29.8 Å². The first-order chi connectivity index (χ1) is 11.7. The minimum atomic E-state index is -0.337. The second-order valence-corrected chi connectivity index (χ2v) is 5.08. The smallest absolute Gasteiger partial charge is 0.319 e. The second kappa shape index (κ2) is 6.91. The van der Waals surface area contributed by atoms with Gasteiger partial charge in [0.05, 0.1) is 37.7 Å². The largest absolute Gasteiger partial charge is 0.497 e. The van der Waals surface area contributed by atoms with Crippen molar-refractivity contribution < 1.29 is 14.3 Å². The number of anilines is 1. The van der Waals surface area contributed by atoms with Crippen LogP contribution in [0.4, 0.5) is 10.5 Å². The molecule has 3 aromatic rings. The third-order valence-electron chi connectivity index (χ3n) is 3.51. The van der Waals surface area contributed by atoms with E-state index >= 15 is 0 Å². The van der Waals surface area contributed by atoms with Gasteiger partial charge in [-0.2, -0.15) is 5.10 Å². The Hall–Kier alpha value is -3.22. The first-order valence-electron chi connectivity index (χ1n) is 7.40. The van der Waals surface area contributed by atoms with E-state index in [0.717, 1.165) is 11.2 Å². The van der Waals surface area contributed by atoms with E-state index in [1.165, 1.54) is 7.11 Å². The quantitative estimate of drug-likeness (QED) is 0.756. The average Bonchev–Trinajstić information content (AvgIpc) is 3.03. The van der Waals surface area contributed by atoms with Gasteiger partial charge in [-0.3, -0.25) is 0 Å². The highest BCUT2D eigenvalue weighted by Crippen LogP contribution is 2.28. The Kier molecular flexibility index (Phi) is 4.51. The van der Waals surface area contributed by atoms with Gasteiger partial charge in [0.15, 0.2) is 0 Å². The molecule has 1 aromatic carbocycles. The van der Waals surface area contributed by atoms with Crippen molar-refractivity contribution in [2.75, 3.05) is 19.5 Å². The van der Waals surface area contributed by atoms with Crippen LogP contribution in [0.25, 0.3) is 5.52 Å². The van der Waals surface area contributed by atoms with E-state index in [2.05, 4.69) is 15.7 Å². The lowest BCUT2D eigenvalue weighted by molar-refractivity contribution is 0.251. The van der Waals surface area contributed by atoms with Crippen LogP contribution < -0.4 is 20.1 Å². The van der Waals surface area contributed by atoms with Crippen LogP contribution in [0.1, 0.15) is 5.69 Å². The van der Waals surface area contributed by atoms with Crippen molar-refractivity contribution in [2.24, 2.45) is 0 Å². The summed E-state index contributed by atoms with van der Waals surface area (Å²) in [5.41, 5.74) is 2.32. The predicted molar refractivity (Wildman–Crippen MR) is 90.6 cm³/mol. The normalized spacial score (nSPS) is 10.4. The highest BCUT2D eigenvalue weighted by Gasteiger charge is 2.09. The molecule has 0 atom stereocenters. The van der Waals surface area contributed by atoms with Gasteiger partial charge in [-0.15, -0.1) is 0 Å². The van der Waals surface area contributed by atoms with Gasteiger partial charge in [-0.05, 0) is 30.3 Å². The van der Waals surface area contributed by atoms with Crippen molar-refractivity contribution >= 4 is 17.2 Å². The maximum atomic E-state index is 12.1. The summed E-state index contributed by atoms with van der Waals surface area (Å²) in [6.45, 7) is 0.325. The Morgan fingerprint density at radius 2 is 2.04 bits per heavy atom. The minimum Gasteiger partial charge on any atom is -0.497 e. The molecule has 0 radical (unpaired) electrons. The van der Waals surface area contributed by atoms with E-state index in [9.17, 15) is 4.79 Å². The number of aromatic nitrogens is 2. The highest BCUT2D eigenvalue weighted by atomic mass is 16.5. The monoisotopic (exact) mass is 326 g/mol. The molecule has 2 N–H and O–H groups in total. The third kappa shape index (κ3) is 3.40. The minimum absolute atomic E-state index is 0.325. The Labute approximate surface area is 139 Å². The first kappa shape index (κ1) is 15.7. The zero-order chi connectivity index (χ0) is 16.9. The van der Waals surface area contributed by atoms with Crippen molar-refractivity contribution in [3.63, 3.8) is 0 Å². The zero-order valence-electron chi connectivity index (χ0n) is 13.4. The summed E-state index contributed by atoms with van der Waals surface area (Å²) in [7, 11) is 3.11. The molecule has 0 aliphatic carbocycles. The number of hydrogen-bond donors (Lipinski definition) is 2. The van der Waals surface area contributed by atoms with Crippen molar-refractivity contribution in [2.45, 2.75) is 6.54 Å². The first-order valence-corrected chi connectivity index (χ1v) is 7.40. The molecular weight excluding hydrogens is 308 g/mol. The molecule has 3 rings (SSSR count). The number of urea groups is 1. The highest BCUT2D eigenvalue weighted by molar-refractivity contribution is 5.91. The van der Waals surface area contributed by atoms with E-state index in [4.69, 9.17) is 9.47 Å². The number of ether oxygens (including phenoxy) is 2. The summed E-state index contributed by atoms with van der Waals surface area (Å²) in [5.74, 6) is 1.18. The van der Waals surface area contributed by atoms with Gasteiger partial charge in [0.1, 0.15) is 11.5 Å². The summed E-state index contributed by atoms with van der Waals surface area (Å²) < 4.78 is 12.2. The number of carbonyl (C=O) groups excluding carboxylic acids is 1. The zero-order valence-corrected chi connectivity index (χ0v) is 13.4. The van der Waals surface area contributed by atoms with Crippen LogP contribution in [0.15, 0.2) is 48.7 Å². The SMILES string of the molecule is COc1ccc(NC(=O)NCc2cc3ccccn3n2)c(OC)c1. The molecule has 2 aromatic heterocycles. The number of amides is 2. The molecule has 2 amide bonds.